The second-order valence-corrected chi connectivity index (χ2v) is 7.79. The van der Waals surface area contributed by atoms with Crippen LogP contribution in [-0.2, 0) is 20.6 Å². The van der Waals surface area contributed by atoms with Crippen molar-refractivity contribution in [2.75, 3.05) is 11.9 Å². The Morgan fingerprint density at radius 1 is 1.22 bits per heavy atom. The van der Waals surface area contributed by atoms with E-state index in [2.05, 4.69) is 25.2 Å². The van der Waals surface area contributed by atoms with Crippen LogP contribution in [0, 0.1) is 12.8 Å². The molecule has 0 bridgehead atoms. The number of aromatic nitrogens is 5. The molecule has 1 fully saturated rings. The molecule has 32 heavy (non-hydrogen) atoms. The second kappa shape index (κ2) is 8.93. The van der Waals surface area contributed by atoms with E-state index in [9.17, 15) is 13.6 Å². The Labute approximate surface area is 183 Å². The van der Waals surface area contributed by atoms with Gasteiger partial charge in [0.05, 0.1) is 30.7 Å². The van der Waals surface area contributed by atoms with E-state index >= 15 is 0 Å². The number of rotatable bonds is 9. The van der Waals surface area contributed by atoms with Gasteiger partial charge in [0.1, 0.15) is 11.4 Å². The lowest BCUT2D eigenvalue weighted by atomic mass is 10.2. The van der Waals surface area contributed by atoms with E-state index in [1.54, 1.807) is 23.9 Å². The zero-order valence-corrected chi connectivity index (χ0v) is 18.0. The van der Waals surface area contributed by atoms with Crippen molar-refractivity contribution in [2.24, 2.45) is 20.0 Å². The summed E-state index contributed by atoms with van der Waals surface area (Å²) in [7, 11) is 3.42. The minimum Gasteiger partial charge on any atom is -0.476 e. The van der Waals surface area contributed by atoms with E-state index in [0.717, 1.165) is 23.5 Å². The van der Waals surface area contributed by atoms with Crippen molar-refractivity contribution in [1.82, 2.24) is 24.5 Å². The second-order valence-electron chi connectivity index (χ2n) is 7.79. The highest BCUT2D eigenvalue weighted by molar-refractivity contribution is 5.43. The first-order chi connectivity index (χ1) is 15.3. The third-order valence-electron chi connectivity index (χ3n) is 5.33. The van der Waals surface area contributed by atoms with Crippen molar-refractivity contribution in [3.8, 4) is 11.6 Å². The third kappa shape index (κ3) is 5.04. The molecule has 1 saturated carbocycles. The summed E-state index contributed by atoms with van der Waals surface area (Å²) in [6, 6.07) is 6.72. The van der Waals surface area contributed by atoms with E-state index in [4.69, 9.17) is 4.74 Å². The Morgan fingerprint density at radius 3 is 2.69 bits per heavy atom. The van der Waals surface area contributed by atoms with Crippen molar-refractivity contribution >= 4 is 5.69 Å². The van der Waals surface area contributed by atoms with Gasteiger partial charge in [0, 0.05) is 37.7 Å². The van der Waals surface area contributed by atoms with Crippen LogP contribution in [0.4, 0.5) is 14.5 Å². The van der Waals surface area contributed by atoms with E-state index in [1.165, 1.54) is 16.9 Å². The summed E-state index contributed by atoms with van der Waals surface area (Å²) in [6.07, 6.45) is 2.17. The van der Waals surface area contributed by atoms with Gasteiger partial charge in [0.15, 0.2) is 0 Å². The molecule has 0 saturated heterocycles. The molecule has 3 heterocycles. The van der Waals surface area contributed by atoms with Crippen LogP contribution in [0.15, 0.2) is 35.3 Å². The number of halogens is 2. The van der Waals surface area contributed by atoms with Gasteiger partial charge >= 0.3 is 6.61 Å². The number of nitrogens with one attached hydrogen (secondary N) is 1. The molecular weight excluding hydrogens is 422 g/mol. The van der Waals surface area contributed by atoms with Crippen molar-refractivity contribution in [3.05, 3.63) is 57.9 Å². The Morgan fingerprint density at radius 2 is 2.03 bits per heavy atom. The Kier molecular flexibility index (Phi) is 6.06. The Balaban J connectivity index is 1.35. The van der Waals surface area contributed by atoms with Gasteiger partial charge < -0.3 is 14.8 Å². The molecule has 0 aliphatic heterocycles. The third-order valence-corrected chi connectivity index (χ3v) is 5.33. The summed E-state index contributed by atoms with van der Waals surface area (Å²) in [6.45, 7) is -0.107. The van der Waals surface area contributed by atoms with Gasteiger partial charge in [0.2, 0.25) is 5.88 Å². The molecule has 0 radical (unpaired) electrons. The number of hydrogen-bond acceptors (Lipinski definition) is 7. The molecule has 0 spiro atoms. The lowest BCUT2D eigenvalue weighted by Crippen LogP contribution is -2.24. The van der Waals surface area contributed by atoms with Gasteiger partial charge in [-0.15, -0.1) is 5.10 Å². The highest BCUT2D eigenvalue weighted by Crippen LogP contribution is 2.46. The summed E-state index contributed by atoms with van der Waals surface area (Å²) < 4.78 is 37.7. The minimum absolute atomic E-state index is 0.0351. The first kappa shape index (κ1) is 21.7. The lowest BCUT2D eigenvalue weighted by molar-refractivity contribution is -0.0500. The standard InChI is InChI=1S/C21H24F2N6O3/c1-12-6-14(28(2)26-12)9-24-18-8-19(27-29(3)20(18)30)31-11-13-7-16(13)17-5-4-15(10-25-17)32-21(22)23/h4-6,8,10,13,16,21,24H,7,9,11H2,1-3H3/t13-,16+/m1/s1. The normalized spacial score (nSPS) is 17.4. The zero-order valence-electron chi connectivity index (χ0n) is 18.0. The smallest absolute Gasteiger partial charge is 0.387 e. The van der Waals surface area contributed by atoms with Gasteiger partial charge in [-0.05, 0) is 31.5 Å². The van der Waals surface area contributed by atoms with Gasteiger partial charge in [-0.2, -0.15) is 13.9 Å². The van der Waals surface area contributed by atoms with Gasteiger partial charge in [-0.3, -0.25) is 14.5 Å². The van der Waals surface area contributed by atoms with Gasteiger partial charge in [-0.1, -0.05) is 0 Å². The van der Waals surface area contributed by atoms with Crippen LogP contribution in [0.5, 0.6) is 11.6 Å². The number of hydrogen-bond donors (Lipinski definition) is 1. The fourth-order valence-corrected chi connectivity index (χ4v) is 3.56. The predicted molar refractivity (Wildman–Crippen MR) is 112 cm³/mol. The summed E-state index contributed by atoms with van der Waals surface area (Å²) in [5.41, 5.74) is 2.79. The Hall–Kier alpha value is -3.50. The average molecular weight is 446 g/mol. The van der Waals surface area contributed by atoms with Crippen LogP contribution in [0.25, 0.3) is 0 Å². The Bertz CT molecular complexity index is 1150. The number of ether oxygens (including phenoxy) is 2. The molecule has 1 N–H and O–H groups in total. The van der Waals surface area contributed by atoms with Crippen LogP contribution in [0.3, 0.4) is 0 Å². The maximum Gasteiger partial charge on any atom is 0.387 e. The first-order valence-corrected chi connectivity index (χ1v) is 10.2. The van der Waals surface area contributed by atoms with E-state index < -0.39 is 6.61 Å². The molecule has 1 aliphatic carbocycles. The maximum atomic E-state index is 12.4. The molecule has 1 aliphatic rings. The van der Waals surface area contributed by atoms with E-state index in [1.807, 2.05) is 20.0 Å². The molecule has 170 valence electrons. The minimum atomic E-state index is -2.87. The molecule has 3 aromatic rings. The topological polar surface area (TPSA) is 96.1 Å². The fraction of sp³-hybridized carbons (Fsp3) is 0.429. The predicted octanol–water partition coefficient (Wildman–Crippen LogP) is 2.61. The molecule has 0 aromatic carbocycles. The molecule has 0 amide bonds. The van der Waals surface area contributed by atoms with Crippen molar-refractivity contribution < 1.29 is 18.3 Å². The average Bonchev–Trinajstić information content (AvgIpc) is 3.44. The monoisotopic (exact) mass is 446 g/mol. The summed E-state index contributed by atoms with van der Waals surface area (Å²) in [5, 5.41) is 11.6. The SMILES string of the molecule is Cc1cc(CNc2cc(OC[C@H]3C[C@@H]3c3ccc(OC(F)F)cn3)nn(C)c2=O)n(C)n1. The summed E-state index contributed by atoms with van der Waals surface area (Å²) in [5.74, 6) is 0.800. The molecule has 0 unspecified atom stereocenters. The summed E-state index contributed by atoms with van der Waals surface area (Å²) in [4.78, 5) is 16.6. The number of aryl methyl sites for hydroxylation is 3. The van der Waals surface area contributed by atoms with Crippen LogP contribution in [-0.4, -0.2) is 37.8 Å². The highest BCUT2D eigenvalue weighted by Gasteiger charge is 2.40. The van der Waals surface area contributed by atoms with Crippen LogP contribution in [0.1, 0.15) is 29.4 Å². The quantitative estimate of drug-likeness (QED) is 0.540. The lowest BCUT2D eigenvalue weighted by Gasteiger charge is -2.11. The first-order valence-electron chi connectivity index (χ1n) is 10.2. The number of alkyl halides is 2. The van der Waals surface area contributed by atoms with Crippen molar-refractivity contribution in [3.63, 3.8) is 0 Å². The number of nitrogens with zero attached hydrogens (tertiary/aromatic N) is 5. The van der Waals surface area contributed by atoms with Gasteiger partial charge in [-0.25, -0.2) is 4.68 Å². The van der Waals surface area contributed by atoms with Crippen LogP contribution in [0.2, 0.25) is 0 Å². The molecule has 3 aromatic heterocycles. The van der Waals surface area contributed by atoms with E-state index in [-0.39, 0.29) is 23.1 Å². The van der Waals surface area contributed by atoms with Crippen LogP contribution >= 0.6 is 0 Å². The van der Waals surface area contributed by atoms with E-state index in [0.29, 0.717) is 24.7 Å². The van der Waals surface area contributed by atoms with Crippen molar-refractivity contribution in [2.45, 2.75) is 32.4 Å². The molecule has 11 heteroatoms. The molecule has 9 nitrogen and oxygen atoms in total. The van der Waals surface area contributed by atoms with Gasteiger partial charge in [0.25, 0.3) is 5.56 Å². The summed E-state index contributed by atoms with van der Waals surface area (Å²) >= 11 is 0. The molecule has 2 atom stereocenters. The largest absolute Gasteiger partial charge is 0.476 e. The van der Waals surface area contributed by atoms with Crippen LogP contribution < -0.4 is 20.3 Å². The zero-order chi connectivity index (χ0) is 22.8. The fourth-order valence-electron chi connectivity index (χ4n) is 3.56. The number of anilines is 1. The molecular formula is C21H24F2N6O3. The highest BCUT2D eigenvalue weighted by atomic mass is 19.3. The number of pyridine rings is 1. The maximum absolute atomic E-state index is 12.4. The molecule has 4 rings (SSSR count). The van der Waals surface area contributed by atoms with Crippen molar-refractivity contribution in [1.29, 1.82) is 0 Å².